The molecule has 0 heterocycles. The van der Waals surface area contributed by atoms with E-state index in [4.69, 9.17) is 17.3 Å². The van der Waals surface area contributed by atoms with Crippen LogP contribution in [0.15, 0.2) is 29.8 Å². The molecule has 4 nitrogen and oxygen atoms in total. The molecule has 0 spiro atoms. The summed E-state index contributed by atoms with van der Waals surface area (Å²) >= 11 is 5.64. The molecular weight excluding hydrogens is 238 g/mol. The molecular formula is C12H16ClN3O. The highest BCUT2D eigenvalue weighted by atomic mass is 35.5. The van der Waals surface area contributed by atoms with Crippen LogP contribution in [0.5, 0.6) is 0 Å². The van der Waals surface area contributed by atoms with Gasteiger partial charge in [0.2, 0.25) is 0 Å². The highest BCUT2D eigenvalue weighted by Gasteiger charge is 2.09. The lowest BCUT2D eigenvalue weighted by atomic mass is 10.1. The highest BCUT2D eigenvalue weighted by Crippen LogP contribution is 2.20. The van der Waals surface area contributed by atoms with E-state index < -0.39 is 0 Å². The summed E-state index contributed by atoms with van der Waals surface area (Å²) in [5, 5.41) is 3.52. The first-order valence-corrected chi connectivity index (χ1v) is 5.48. The SMILES string of the molecule is C=C(Cl)CNc1ccc(C(=O)N(C)C)cc1N. The van der Waals surface area contributed by atoms with Crippen LogP contribution in [0.4, 0.5) is 11.4 Å². The third kappa shape index (κ3) is 3.67. The molecule has 1 aromatic carbocycles. The van der Waals surface area contributed by atoms with Gasteiger partial charge < -0.3 is 16.0 Å². The molecule has 5 heteroatoms. The monoisotopic (exact) mass is 253 g/mol. The number of amides is 1. The lowest BCUT2D eigenvalue weighted by Crippen LogP contribution is -2.21. The van der Waals surface area contributed by atoms with Crippen LogP contribution in [-0.4, -0.2) is 31.4 Å². The number of carbonyl (C=O) groups excluding carboxylic acids is 1. The van der Waals surface area contributed by atoms with Crippen LogP contribution in [0.3, 0.4) is 0 Å². The number of halogens is 1. The second-order valence-corrected chi connectivity index (χ2v) is 4.41. The maximum absolute atomic E-state index is 11.7. The van der Waals surface area contributed by atoms with Gasteiger partial charge in [0.15, 0.2) is 0 Å². The first-order chi connectivity index (χ1) is 7.91. The van der Waals surface area contributed by atoms with Crippen molar-refractivity contribution in [2.75, 3.05) is 31.7 Å². The van der Waals surface area contributed by atoms with Gasteiger partial charge in [-0.25, -0.2) is 0 Å². The summed E-state index contributed by atoms with van der Waals surface area (Å²) in [5.41, 5.74) is 7.65. The summed E-state index contributed by atoms with van der Waals surface area (Å²) in [6.07, 6.45) is 0. The minimum Gasteiger partial charge on any atom is -0.397 e. The van der Waals surface area contributed by atoms with E-state index in [2.05, 4.69) is 11.9 Å². The fourth-order valence-electron chi connectivity index (χ4n) is 1.31. The molecule has 0 radical (unpaired) electrons. The maximum atomic E-state index is 11.7. The van der Waals surface area contributed by atoms with Crippen molar-refractivity contribution in [2.24, 2.45) is 0 Å². The van der Waals surface area contributed by atoms with Crippen molar-refractivity contribution in [3.63, 3.8) is 0 Å². The summed E-state index contributed by atoms with van der Waals surface area (Å²) in [4.78, 5) is 13.2. The third-order valence-electron chi connectivity index (χ3n) is 2.18. The van der Waals surface area contributed by atoms with Gasteiger partial charge in [0, 0.05) is 24.7 Å². The molecule has 1 amide bonds. The molecule has 1 rings (SSSR count). The first kappa shape index (κ1) is 13.4. The summed E-state index contributed by atoms with van der Waals surface area (Å²) < 4.78 is 0. The van der Waals surface area contributed by atoms with Crippen LogP contribution in [0, 0.1) is 0 Å². The van der Waals surface area contributed by atoms with Crippen molar-refractivity contribution >= 4 is 28.9 Å². The van der Waals surface area contributed by atoms with E-state index in [-0.39, 0.29) is 5.91 Å². The predicted octanol–water partition coefficient (Wildman–Crippen LogP) is 2.14. The molecule has 0 unspecified atom stereocenters. The van der Waals surface area contributed by atoms with E-state index in [1.165, 1.54) is 4.90 Å². The number of hydrogen-bond acceptors (Lipinski definition) is 3. The molecule has 3 N–H and O–H groups in total. The summed E-state index contributed by atoms with van der Waals surface area (Å²) in [5.74, 6) is -0.0787. The Bertz CT molecular complexity index is 443. The van der Waals surface area contributed by atoms with Gasteiger partial charge in [0.25, 0.3) is 5.91 Å². The van der Waals surface area contributed by atoms with Gasteiger partial charge in [0.05, 0.1) is 17.9 Å². The molecule has 0 saturated heterocycles. The van der Waals surface area contributed by atoms with Crippen LogP contribution in [-0.2, 0) is 0 Å². The number of carbonyl (C=O) groups is 1. The first-order valence-electron chi connectivity index (χ1n) is 5.10. The lowest BCUT2D eigenvalue weighted by Gasteiger charge is -2.13. The molecule has 1 aromatic rings. The normalized spacial score (nSPS) is 9.82. The van der Waals surface area contributed by atoms with E-state index in [0.717, 1.165) is 5.69 Å². The Morgan fingerprint density at radius 1 is 1.53 bits per heavy atom. The minimum absolute atomic E-state index is 0.0787. The van der Waals surface area contributed by atoms with Gasteiger partial charge in [-0.3, -0.25) is 4.79 Å². The Kier molecular flexibility index (Phi) is 4.40. The van der Waals surface area contributed by atoms with Crippen molar-refractivity contribution in [1.82, 2.24) is 4.90 Å². The Labute approximate surface area is 106 Å². The summed E-state index contributed by atoms with van der Waals surface area (Å²) in [6.45, 7) is 4.01. The molecule has 0 aliphatic heterocycles. The summed E-state index contributed by atoms with van der Waals surface area (Å²) in [7, 11) is 3.39. The van der Waals surface area contributed by atoms with E-state index >= 15 is 0 Å². The number of anilines is 2. The van der Waals surface area contributed by atoms with Crippen molar-refractivity contribution < 1.29 is 4.79 Å². The molecule has 17 heavy (non-hydrogen) atoms. The van der Waals surface area contributed by atoms with Crippen molar-refractivity contribution in [3.05, 3.63) is 35.4 Å². The van der Waals surface area contributed by atoms with Gasteiger partial charge in [-0.05, 0) is 18.2 Å². The van der Waals surface area contributed by atoms with E-state index in [9.17, 15) is 4.79 Å². The standard InChI is InChI=1S/C12H16ClN3O/c1-8(13)7-15-11-5-4-9(6-10(11)14)12(17)16(2)3/h4-6,15H,1,7,14H2,2-3H3. The second-order valence-electron chi connectivity index (χ2n) is 3.87. The van der Waals surface area contributed by atoms with Gasteiger partial charge in [-0.2, -0.15) is 0 Å². The van der Waals surface area contributed by atoms with E-state index in [1.807, 2.05) is 0 Å². The minimum atomic E-state index is -0.0787. The van der Waals surface area contributed by atoms with Crippen LogP contribution >= 0.6 is 11.6 Å². The number of rotatable bonds is 4. The molecule has 0 aromatic heterocycles. The number of nitrogens with two attached hydrogens (primary N) is 1. The van der Waals surface area contributed by atoms with Crippen LogP contribution in [0.2, 0.25) is 0 Å². The molecule has 0 fully saturated rings. The zero-order chi connectivity index (χ0) is 13.0. The van der Waals surface area contributed by atoms with Crippen molar-refractivity contribution in [2.45, 2.75) is 0 Å². The Hall–Kier alpha value is -1.68. The van der Waals surface area contributed by atoms with Crippen molar-refractivity contribution in [3.8, 4) is 0 Å². The van der Waals surface area contributed by atoms with Gasteiger partial charge in [-0.1, -0.05) is 18.2 Å². The van der Waals surface area contributed by atoms with Crippen molar-refractivity contribution in [1.29, 1.82) is 0 Å². The number of benzene rings is 1. The topological polar surface area (TPSA) is 58.4 Å². The number of nitrogens with one attached hydrogen (secondary N) is 1. The third-order valence-corrected chi connectivity index (χ3v) is 2.31. The number of nitrogens with zero attached hydrogens (tertiary/aromatic N) is 1. The van der Waals surface area contributed by atoms with Crippen LogP contribution in [0.25, 0.3) is 0 Å². The average molecular weight is 254 g/mol. The predicted molar refractivity (Wildman–Crippen MR) is 72.4 cm³/mol. The quantitative estimate of drug-likeness (QED) is 0.809. The highest BCUT2D eigenvalue weighted by molar-refractivity contribution is 6.29. The van der Waals surface area contributed by atoms with Crippen LogP contribution < -0.4 is 11.1 Å². The second kappa shape index (κ2) is 5.59. The largest absolute Gasteiger partial charge is 0.397 e. The lowest BCUT2D eigenvalue weighted by molar-refractivity contribution is 0.0827. The zero-order valence-electron chi connectivity index (χ0n) is 9.96. The van der Waals surface area contributed by atoms with E-state index in [1.54, 1.807) is 32.3 Å². The Morgan fingerprint density at radius 3 is 2.65 bits per heavy atom. The number of hydrogen-bond donors (Lipinski definition) is 2. The Morgan fingerprint density at radius 2 is 2.18 bits per heavy atom. The maximum Gasteiger partial charge on any atom is 0.253 e. The molecule has 0 aliphatic carbocycles. The van der Waals surface area contributed by atoms with Gasteiger partial charge >= 0.3 is 0 Å². The summed E-state index contributed by atoms with van der Waals surface area (Å²) in [6, 6.07) is 5.12. The average Bonchev–Trinajstić information content (AvgIpc) is 2.26. The molecule has 0 saturated carbocycles. The molecule has 0 aliphatic rings. The number of nitrogen functional groups attached to an aromatic ring is 1. The zero-order valence-corrected chi connectivity index (χ0v) is 10.7. The molecule has 0 bridgehead atoms. The Balaban J connectivity index is 2.86. The fraction of sp³-hybridized carbons (Fsp3) is 0.250. The fourth-order valence-corrected chi connectivity index (χ4v) is 1.37. The van der Waals surface area contributed by atoms with E-state index in [0.29, 0.717) is 22.8 Å². The van der Waals surface area contributed by atoms with Crippen LogP contribution in [0.1, 0.15) is 10.4 Å². The van der Waals surface area contributed by atoms with Gasteiger partial charge in [0.1, 0.15) is 0 Å². The van der Waals surface area contributed by atoms with Gasteiger partial charge in [-0.15, -0.1) is 0 Å². The smallest absolute Gasteiger partial charge is 0.253 e. The molecule has 92 valence electrons. The molecule has 0 atom stereocenters.